The number of carbonyl (C=O) groups excluding carboxylic acids is 3. The van der Waals surface area contributed by atoms with Crippen LogP contribution in [0.15, 0.2) is 46.5 Å². The van der Waals surface area contributed by atoms with Gasteiger partial charge in [-0.3, -0.25) is 14.4 Å². The van der Waals surface area contributed by atoms with E-state index in [9.17, 15) is 19.5 Å². The zero-order chi connectivity index (χ0) is 24.8. The molecule has 0 radical (unpaired) electrons. The lowest BCUT2D eigenvalue weighted by atomic mass is 9.38. The van der Waals surface area contributed by atoms with E-state index in [2.05, 4.69) is 13.8 Å². The summed E-state index contributed by atoms with van der Waals surface area (Å²) < 4.78 is 11.3. The van der Waals surface area contributed by atoms with Crippen molar-refractivity contribution in [2.75, 3.05) is 0 Å². The third-order valence-electron chi connectivity index (χ3n) is 10.1. The number of aliphatic hydroxyl groups is 1. The Morgan fingerprint density at radius 2 is 1.85 bits per heavy atom. The van der Waals surface area contributed by atoms with E-state index in [0.717, 1.165) is 12.0 Å². The van der Waals surface area contributed by atoms with Crippen LogP contribution < -0.4 is 0 Å². The largest absolute Gasteiger partial charge is 0.504 e. The monoisotopic (exact) mass is 466 g/mol. The molecule has 182 valence electrons. The first-order chi connectivity index (χ1) is 15.8. The van der Waals surface area contributed by atoms with Crippen molar-refractivity contribution in [3.05, 3.63) is 47.6 Å². The van der Waals surface area contributed by atoms with Crippen LogP contribution in [0.2, 0.25) is 0 Å². The van der Waals surface area contributed by atoms with E-state index in [1.165, 1.54) is 6.92 Å². The van der Waals surface area contributed by atoms with Crippen LogP contribution in [0, 0.1) is 33.5 Å². The van der Waals surface area contributed by atoms with Gasteiger partial charge in [-0.15, -0.1) is 0 Å². The Balaban J connectivity index is 1.72. The molecule has 1 aromatic rings. The average Bonchev–Trinajstić information content (AvgIpc) is 3.32. The highest BCUT2D eigenvalue weighted by Gasteiger charge is 2.71. The first kappa shape index (κ1) is 23.1. The molecule has 5 rings (SSSR count). The Hall–Kier alpha value is -2.63. The Morgan fingerprint density at radius 3 is 2.47 bits per heavy atom. The Kier molecular flexibility index (Phi) is 4.73. The number of carbonyl (C=O) groups is 3. The van der Waals surface area contributed by atoms with E-state index < -0.39 is 34.2 Å². The molecule has 0 amide bonds. The average molecular weight is 467 g/mol. The van der Waals surface area contributed by atoms with Gasteiger partial charge in [0.15, 0.2) is 11.5 Å². The molecule has 0 aromatic carbocycles. The molecule has 0 aliphatic heterocycles. The molecule has 2 fully saturated rings. The number of furan rings is 1. The van der Waals surface area contributed by atoms with Crippen molar-refractivity contribution in [1.82, 2.24) is 0 Å². The standard InChI is InChI=1S/C28H34O6/c1-15(29)34-20-13-18-25(2,3)19(30)8-11-26(18,4)17-7-10-27(5)21(16-9-12-33-14-16)22(31)23(32)24(27)28(17,20)6/h8-9,11-12,14,17-18,20-21,32H,7,10,13H2,1-6H3/t17-,18+,20-,21-,26-,27+,28+/m1/s1. The third kappa shape index (κ3) is 2.65. The van der Waals surface area contributed by atoms with Crippen LogP contribution in [-0.2, 0) is 19.1 Å². The lowest BCUT2D eigenvalue weighted by molar-refractivity contribution is -0.187. The molecule has 6 heteroatoms. The quantitative estimate of drug-likeness (QED) is 0.594. The summed E-state index contributed by atoms with van der Waals surface area (Å²) in [4.78, 5) is 38.7. The SMILES string of the molecule is CC(=O)O[C@@H]1C[C@H]2C(C)(C)C(=O)C=C[C@]2(C)[C@H]2CC[C@]3(C)C(=C(O)C(=O)[C@H]3c3ccoc3)[C@@]21C. The molecule has 0 bridgehead atoms. The molecule has 1 heterocycles. The van der Waals surface area contributed by atoms with E-state index >= 15 is 0 Å². The van der Waals surface area contributed by atoms with Gasteiger partial charge in [0.1, 0.15) is 6.10 Å². The molecule has 7 atom stereocenters. The summed E-state index contributed by atoms with van der Waals surface area (Å²) in [6.45, 7) is 11.7. The number of hydrogen-bond acceptors (Lipinski definition) is 6. The van der Waals surface area contributed by atoms with Crippen LogP contribution in [0.5, 0.6) is 0 Å². The maximum absolute atomic E-state index is 13.5. The molecule has 0 spiro atoms. The van der Waals surface area contributed by atoms with Crippen molar-refractivity contribution in [2.45, 2.75) is 72.8 Å². The molecule has 34 heavy (non-hydrogen) atoms. The number of allylic oxidation sites excluding steroid dienone is 3. The van der Waals surface area contributed by atoms with Gasteiger partial charge in [-0.1, -0.05) is 40.7 Å². The van der Waals surface area contributed by atoms with Crippen LogP contribution >= 0.6 is 0 Å². The second-order valence-electron chi connectivity index (χ2n) is 12.0. The minimum absolute atomic E-state index is 0.0205. The molecule has 4 aliphatic carbocycles. The zero-order valence-electron chi connectivity index (χ0n) is 20.8. The summed E-state index contributed by atoms with van der Waals surface area (Å²) in [6.07, 6.45) is 8.30. The van der Waals surface area contributed by atoms with Crippen molar-refractivity contribution < 1.29 is 28.6 Å². The summed E-state index contributed by atoms with van der Waals surface area (Å²) in [5, 5.41) is 11.4. The first-order valence-corrected chi connectivity index (χ1v) is 12.2. The predicted octanol–water partition coefficient (Wildman–Crippen LogP) is 5.30. The summed E-state index contributed by atoms with van der Waals surface area (Å²) in [7, 11) is 0. The van der Waals surface area contributed by atoms with Crippen LogP contribution in [-0.4, -0.2) is 28.7 Å². The Bertz CT molecular complexity index is 1140. The normalized spacial score (nSPS) is 42.8. The second kappa shape index (κ2) is 6.96. The van der Waals surface area contributed by atoms with Crippen molar-refractivity contribution in [3.63, 3.8) is 0 Å². The molecule has 4 aliphatic rings. The topological polar surface area (TPSA) is 93.8 Å². The molecular formula is C28H34O6. The molecule has 1 aromatic heterocycles. The van der Waals surface area contributed by atoms with Crippen LogP contribution in [0.25, 0.3) is 0 Å². The smallest absolute Gasteiger partial charge is 0.302 e. The molecule has 2 saturated carbocycles. The molecule has 0 saturated heterocycles. The van der Waals surface area contributed by atoms with Gasteiger partial charge >= 0.3 is 5.97 Å². The number of ether oxygens (including phenoxy) is 1. The van der Waals surface area contributed by atoms with Crippen LogP contribution in [0.3, 0.4) is 0 Å². The van der Waals surface area contributed by atoms with Gasteiger partial charge < -0.3 is 14.3 Å². The summed E-state index contributed by atoms with van der Waals surface area (Å²) in [6, 6.07) is 1.79. The second-order valence-corrected chi connectivity index (χ2v) is 12.0. The maximum Gasteiger partial charge on any atom is 0.302 e. The zero-order valence-corrected chi connectivity index (χ0v) is 20.8. The van der Waals surface area contributed by atoms with Gasteiger partial charge in [0, 0.05) is 28.7 Å². The molecule has 1 N–H and O–H groups in total. The number of aliphatic hydroxyl groups excluding tert-OH is 1. The number of rotatable bonds is 2. The minimum Gasteiger partial charge on any atom is -0.504 e. The van der Waals surface area contributed by atoms with E-state index in [0.29, 0.717) is 18.4 Å². The number of ketones is 2. The third-order valence-corrected chi connectivity index (χ3v) is 10.1. The number of hydrogen-bond donors (Lipinski definition) is 1. The van der Waals surface area contributed by atoms with Gasteiger partial charge in [-0.2, -0.15) is 0 Å². The number of Topliss-reactive ketones (excluding diaryl/α,β-unsaturated/α-hetero) is 1. The van der Waals surface area contributed by atoms with Gasteiger partial charge in [0.2, 0.25) is 5.78 Å². The number of esters is 1. The van der Waals surface area contributed by atoms with E-state index in [-0.39, 0.29) is 34.6 Å². The summed E-state index contributed by atoms with van der Waals surface area (Å²) in [5.41, 5.74) is -0.893. The van der Waals surface area contributed by atoms with Crippen LogP contribution in [0.4, 0.5) is 0 Å². The summed E-state index contributed by atoms with van der Waals surface area (Å²) in [5.74, 6) is -1.41. The Morgan fingerprint density at radius 1 is 1.15 bits per heavy atom. The molecular weight excluding hydrogens is 432 g/mol. The van der Waals surface area contributed by atoms with E-state index in [1.54, 1.807) is 24.7 Å². The fourth-order valence-electron chi connectivity index (χ4n) is 8.60. The highest BCUT2D eigenvalue weighted by molar-refractivity contribution is 6.03. The highest BCUT2D eigenvalue weighted by atomic mass is 16.5. The van der Waals surface area contributed by atoms with E-state index in [4.69, 9.17) is 9.15 Å². The van der Waals surface area contributed by atoms with Crippen LogP contribution in [0.1, 0.15) is 72.3 Å². The first-order valence-electron chi connectivity index (χ1n) is 12.2. The van der Waals surface area contributed by atoms with Crippen molar-refractivity contribution in [2.24, 2.45) is 33.5 Å². The van der Waals surface area contributed by atoms with Gasteiger partial charge in [0.25, 0.3) is 0 Å². The van der Waals surface area contributed by atoms with Gasteiger partial charge in [0.05, 0.1) is 18.4 Å². The van der Waals surface area contributed by atoms with E-state index in [1.807, 2.05) is 26.8 Å². The Labute approximate surface area is 200 Å². The molecule has 0 unspecified atom stereocenters. The number of fused-ring (bicyclic) bond motifs is 5. The van der Waals surface area contributed by atoms with Gasteiger partial charge in [-0.05, 0) is 54.2 Å². The summed E-state index contributed by atoms with van der Waals surface area (Å²) >= 11 is 0. The fraction of sp³-hybridized carbons (Fsp3) is 0.607. The predicted molar refractivity (Wildman–Crippen MR) is 125 cm³/mol. The lowest BCUT2D eigenvalue weighted by Crippen LogP contribution is -2.64. The fourth-order valence-corrected chi connectivity index (χ4v) is 8.60. The van der Waals surface area contributed by atoms with Crippen molar-refractivity contribution >= 4 is 17.5 Å². The van der Waals surface area contributed by atoms with Gasteiger partial charge in [-0.25, -0.2) is 0 Å². The van der Waals surface area contributed by atoms with Crippen molar-refractivity contribution in [3.8, 4) is 0 Å². The lowest BCUT2D eigenvalue weighted by Gasteiger charge is -2.66. The van der Waals surface area contributed by atoms with Crippen molar-refractivity contribution in [1.29, 1.82) is 0 Å². The minimum atomic E-state index is -0.761. The maximum atomic E-state index is 13.5. The highest BCUT2D eigenvalue weighted by Crippen LogP contribution is 2.73. The molecule has 6 nitrogen and oxygen atoms in total.